The third kappa shape index (κ3) is 3.35. The fraction of sp³-hybridized carbons (Fsp3) is 0.600. The van der Waals surface area contributed by atoms with E-state index in [1.165, 1.54) is 12.8 Å². The first-order valence-corrected chi connectivity index (χ1v) is 7.30. The first kappa shape index (κ1) is 14.9. The van der Waals surface area contributed by atoms with Crippen LogP contribution in [-0.2, 0) is 6.54 Å². The van der Waals surface area contributed by atoms with E-state index in [1.807, 2.05) is 13.1 Å². The van der Waals surface area contributed by atoms with E-state index in [0.29, 0.717) is 18.3 Å². The third-order valence-electron chi connectivity index (χ3n) is 4.02. The van der Waals surface area contributed by atoms with Crippen molar-refractivity contribution >= 4 is 5.91 Å². The minimum absolute atomic E-state index is 0.0171. The minimum atomic E-state index is -0.0171. The average molecular weight is 276 g/mol. The van der Waals surface area contributed by atoms with Crippen molar-refractivity contribution in [1.82, 2.24) is 14.8 Å². The highest BCUT2D eigenvalue weighted by molar-refractivity contribution is 5.92. The molecule has 1 aliphatic rings. The van der Waals surface area contributed by atoms with E-state index in [4.69, 9.17) is 5.73 Å². The molecule has 1 aromatic heterocycles. The first-order valence-electron chi connectivity index (χ1n) is 7.30. The number of nitrogens with two attached hydrogens (primary N) is 1. The normalized spacial score (nSPS) is 19.2. The van der Waals surface area contributed by atoms with Gasteiger partial charge in [-0.2, -0.15) is 0 Å². The van der Waals surface area contributed by atoms with Crippen LogP contribution in [0.4, 0.5) is 0 Å². The zero-order valence-electron chi connectivity index (χ0n) is 12.4. The van der Waals surface area contributed by atoms with Crippen LogP contribution < -0.4 is 5.73 Å². The summed E-state index contributed by atoms with van der Waals surface area (Å²) in [4.78, 5) is 20.8. The number of carbonyl (C=O) groups is 1. The Kier molecular flexibility index (Phi) is 5.09. The monoisotopic (exact) mass is 276 g/mol. The highest BCUT2D eigenvalue weighted by Gasteiger charge is 2.26. The molecule has 0 spiro atoms. The molecule has 2 N–H and O–H groups in total. The highest BCUT2D eigenvalue weighted by Crippen LogP contribution is 2.17. The number of likely N-dealkylation sites (N-methyl/N-ethyl adjacent to an activating group) is 2. The fourth-order valence-electron chi connectivity index (χ4n) is 2.78. The average Bonchev–Trinajstić information content (AvgIpc) is 2.93. The van der Waals surface area contributed by atoms with Crippen LogP contribution in [0, 0.1) is 0 Å². The van der Waals surface area contributed by atoms with Crippen molar-refractivity contribution in [3.8, 4) is 0 Å². The molecule has 5 nitrogen and oxygen atoms in total. The molecule has 0 radical (unpaired) electrons. The van der Waals surface area contributed by atoms with Gasteiger partial charge in [0.15, 0.2) is 0 Å². The molecule has 0 aromatic carbocycles. The van der Waals surface area contributed by atoms with Crippen molar-refractivity contribution in [3.63, 3.8) is 0 Å². The molecular weight excluding hydrogens is 252 g/mol. The first-order chi connectivity index (χ1) is 9.65. The molecule has 0 saturated carbocycles. The maximum Gasteiger partial charge on any atom is 0.272 e. The zero-order chi connectivity index (χ0) is 14.5. The summed E-state index contributed by atoms with van der Waals surface area (Å²) < 4.78 is 0. The minimum Gasteiger partial charge on any atom is -0.339 e. The maximum absolute atomic E-state index is 12.3. The lowest BCUT2D eigenvalue weighted by Crippen LogP contribution is -2.41. The second kappa shape index (κ2) is 6.81. The molecule has 2 heterocycles. The predicted octanol–water partition coefficient (Wildman–Crippen LogP) is 1.10. The van der Waals surface area contributed by atoms with Gasteiger partial charge in [-0.15, -0.1) is 0 Å². The van der Waals surface area contributed by atoms with Crippen molar-refractivity contribution in [1.29, 1.82) is 0 Å². The lowest BCUT2D eigenvalue weighted by molar-refractivity contribution is 0.0749. The lowest BCUT2D eigenvalue weighted by Gasteiger charge is -2.27. The molecule has 110 valence electrons. The summed E-state index contributed by atoms with van der Waals surface area (Å²) >= 11 is 0. The number of hydrogen-bond acceptors (Lipinski definition) is 4. The number of pyridine rings is 1. The smallest absolute Gasteiger partial charge is 0.272 e. The van der Waals surface area contributed by atoms with Crippen molar-refractivity contribution in [2.45, 2.75) is 32.4 Å². The standard InChI is InChI=1S/C15H24N4O/c1-3-19-8-4-5-13(19)11-18(2)15(20)14-7-6-12(9-16)10-17-14/h6-7,10,13H,3-5,8-9,11,16H2,1-2H3. The summed E-state index contributed by atoms with van der Waals surface area (Å²) in [6, 6.07) is 4.10. The van der Waals surface area contributed by atoms with Crippen molar-refractivity contribution in [2.75, 3.05) is 26.7 Å². The Labute approximate surface area is 120 Å². The summed E-state index contributed by atoms with van der Waals surface area (Å²) in [7, 11) is 1.85. The summed E-state index contributed by atoms with van der Waals surface area (Å²) in [6.45, 7) is 5.59. The van der Waals surface area contributed by atoms with Gasteiger partial charge in [-0.1, -0.05) is 13.0 Å². The molecule has 5 heteroatoms. The molecule has 0 aliphatic carbocycles. The van der Waals surface area contributed by atoms with Crippen LogP contribution in [0.2, 0.25) is 0 Å². The van der Waals surface area contributed by atoms with E-state index in [9.17, 15) is 4.79 Å². The SMILES string of the molecule is CCN1CCCC1CN(C)C(=O)c1ccc(CN)cn1. The second-order valence-electron chi connectivity index (χ2n) is 5.37. The van der Waals surface area contributed by atoms with Gasteiger partial charge in [0.2, 0.25) is 0 Å². The molecule has 1 unspecified atom stereocenters. The van der Waals surface area contributed by atoms with Gasteiger partial charge in [0.05, 0.1) is 0 Å². The van der Waals surface area contributed by atoms with Gasteiger partial charge in [0.25, 0.3) is 5.91 Å². The predicted molar refractivity (Wildman–Crippen MR) is 79.4 cm³/mol. The van der Waals surface area contributed by atoms with Crippen molar-refractivity contribution in [3.05, 3.63) is 29.6 Å². The summed E-state index contributed by atoms with van der Waals surface area (Å²) in [5.41, 5.74) is 6.97. The van der Waals surface area contributed by atoms with Crippen molar-refractivity contribution in [2.24, 2.45) is 5.73 Å². The van der Waals surface area contributed by atoms with Gasteiger partial charge in [0, 0.05) is 32.4 Å². The van der Waals surface area contributed by atoms with E-state index in [-0.39, 0.29) is 5.91 Å². The molecule has 1 aliphatic heterocycles. The molecule has 1 saturated heterocycles. The Bertz CT molecular complexity index is 446. The van der Waals surface area contributed by atoms with Crippen LogP contribution in [0.5, 0.6) is 0 Å². The molecule has 2 rings (SSSR count). The lowest BCUT2D eigenvalue weighted by atomic mass is 10.2. The molecule has 1 atom stereocenters. The van der Waals surface area contributed by atoms with Crippen LogP contribution in [0.3, 0.4) is 0 Å². The maximum atomic E-state index is 12.3. The molecule has 1 fully saturated rings. The number of carbonyl (C=O) groups excluding carboxylic acids is 1. The van der Waals surface area contributed by atoms with Crippen LogP contribution in [0.1, 0.15) is 35.8 Å². The molecule has 1 amide bonds. The van der Waals surface area contributed by atoms with E-state index in [2.05, 4.69) is 16.8 Å². The number of amides is 1. The highest BCUT2D eigenvalue weighted by atomic mass is 16.2. The fourth-order valence-corrected chi connectivity index (χ4v) is 2.78. The van der Waals surface area contributed by atoms with Gasteiger partial charge in [0.1, 0.15) is 5.69 Å². The Morgan fingerprint density at radius 1 is 1.55 bits per heavy atom. The van der Waals surface area contributed by atoms with Crippen LogP contribution in [0.15, 0.2) is 18.3 Å². The van der Waals surface area contributed by atoms with E-state index >= 15 is 0 Å². The van der Waals surface area contributed by atoms with Crippen LogP contribution in [-0.4, -0.2) is 53.4 Å². The number of rotatable bonds is 5. The quantitative estimate of drug-likeness (QED) is 0.874. The number of likely N-dealkylation sites (tertiary alicyclic amines) is 1. The molecule has 20 heavy (non-hydrogen) atoms. The largest absolute Gasteiger partial charge is 0.339 e. The summed E-state index contributed by atoms with van der Waals surface area (Å²) in [5, 5.41) is 0. The van der Waals surface area contributed by atoms with E-state index < -0.39 is 0 Å². The number of nitrogens with zero attached hydrogens (tertiary/aromatic N) is 3. The Hall–Kier alpha value is -1.46. The van der Waals surface area contributed by atoms with E-state index in [1.54, 1.807) is 17.2 Å². The van der Waals surface area contributed by atoms with Gasteiger partial charge in [-0.25, -0.2) is 0 Å². The second-order valence-corrected chi connectivity index (χ2v) is 5.37. The molecule has 1 aromatic rings. The van der Waals surface area contributed by atoms with Crippen LogP contribution >= 0.6 is 0 Å². The Balaban J connectivity index is 1.97. The third-order valence-corrected chi connectivity index (χ3v) is 4.02. The Morgan fingerprint density at radius 3 is 2.95 bits per heavy atom. The van der Waals surface area contributed by atoms with Crippen LogP contribution in [0.25, 0.3) is 0 Å². The van der Waals surface area contributed by atoms with Gasteiger partial charge in [-0.3, -0.25) is 14.7 Å². The number of aromatic nitrogens is 1. The summed E-state index contributed by atoms with van der Waals surface area (Å²) in [5.74, 6) is -0.0171. The Morgan fingerprint density at radius 2 is 2.35 bits per heavy atom. The van der Waals surface area contributed by atoms with Crippen molar-refractivity contribution < 1.29 is 4.79 Å². The van der Waals surface area contributed by atoms with E-state index in [0.717, 1.165) is 25.2 Å². The van der Waals surface area contributed by atoms with Gasteiger partial charge < -0.3 is 10.6 Å². The van der Waals surface area contributed by atoms with Gasteiger partial charge >= 0.3 is 0 Å². The molecule has 0 bridgehead atoms. The van der Waals surface area contributed by atoms with Gasteiger partial charge in [-0.05, 0) is 37.6 Å². The summed E-state index contributed by atoms with van der Waals surface area (Å²) in [6.07, 6.45) is 4.07. The topological polar surface area (TPSA) is 62.5 Å². The zero-order valence-corrected chi connectivity index (χ0v) is 12.4. The number of hydrogen-bond donors (Lipinski definition) is 1. The molecular formula is C15H24N4O.